The van der Waals surface area contributed by atoms with Gasteiger partial charge in [0, 0.05) is 20.3 Å². The monoisotopic (exact) mass is 442 g/mol. The van der Waals surface area contributed by atoms with Gasteiger partial charge < -0.3 is 4.74 Å². The smallest absolute Gasteiger partial charge is 0.275 e. The minimum Gasteiger partial charge on any atom is -0.488 e. The number of hydrazone groups is 1. The first-order chi connectivity index (χ1) is 13.2. The number of amides is 1. The van der Waals surface area contributed by atoms with Crippen molar-refractivity contribution in [1.29, 1.82) is 0 Å². The zero-order valence-electron chi connectivity index (χ0n) is 14.8. The molecule has 1 heterocycles. The molecule has 1 amide bonds. The summed E-state index contributed by atoms with van der Waals surface area (Å²) in [4.78, 5) is 13.8. The van der Waals surface area contributed by atoms with Crippen molar-refractivity contribution >= 4 is 39.4 Å². The molecule has 138 valence electrons. The zero-order chi connectivity index (χ0) is 19.1. The second kappa shape index (κ2) is 9.48. The summed E-state index contributed by atoms with van der Waals surface area (Å²) < 4.78 is 6.85. The number of aryl methyl sites for hydroxylation is 1. The molecule has 1 N–H and O–H groups in total. The number of thiophene rings is 1. The molecular formula is C21H19BrN2O2S. The molecule has 6 heteroatoms. The second-order valence-corrected chi connectivity index (χ2v) is 7.51. The average Bonchev–Trinajstić information content (AvgIpc) is 3.07. The van der Waals surface area contributed by atoms with Crippen molar-refractivity contribution in [2.24, 2.45) is 5.10 Å². The summed E-state index contributed by atoms with van der Waals surface area (Å²) in [5.74, 6) is 0.219. The molecule has 0 radical (unpaired) electrons. The zero-order valence-corrected chi connectivity index (χ0v) is 17.2. The van der Waals surface area contributed by atoms with Gasteiger partial charge in [0.05, 0.1) is 11.8 Å². The maximum absolute atomic E-state index is 12.5. The minimum absolute atomic E-state index is 0.308. The quantitative estimate of drug-likeness (QED) is 0.392. The Morgan fingerprint density at radius 2 is 1.93 bits per heavy atom. The van der Waals surface area contributed by atoms with E-state index in [1.807, 2.05) is 41.8 Å². The molecular weight excluding hydrogens is 424 g/mol. The molecule has 0 saturated heterocycles. The van der Waals surface area contributed by atoms with Gasteiger partial charge in [0.1, 0.15) is 12.4 Å². The van der Waals surface area contributed by atoms with Crippen LogP contribution in [0.25, 0.3) is 0 Å². The fraction of sp³-hybridized carbons (Fsp3) is 0.143. The molecule has 0 bridgehead atoms. The molecule has 0 aliphatic rings. The van der Waals surface area contributed by atoms with Gasteiger partial charge in [-0.05, 0) is 40.0 Å². The molecule has 0 unspecified atom stereocenters. The van der Waals surface area contributed by atoms with Crippen LogP contribution >= 0.6 is 27.3 Å². The van der Waals surface area contributed by atoms with Crippen LogP contribution in [0.2, 0.25) is 0 Å². The van der Waals surface area contributed by atoms with Gasteiger partial charge in [-0.15, -0.1) is 11.3 Å². The van der Waals surface area contributed by atoms with E-state index < -0.39 is 0 Å². The van der Waals surface area contributed by atoms with Crippen LogP contribution in [-0.4, -0.2) is 12.1 Å². The fourth-order valence-electron chi connectivity index (χ4n) is 2.46. The van der Waals surface area contributed by atoms with Gasteiger partial charge >= 0.3 is 0 Å². The Labute approximate surface area is 171 Å². The Kier molecular flexibility index (Phi) is 6.79. The topological polar surface area (TPSA) is 50.7 Å². The van der Waals surface area contributed by atoms with Crippen LogP contribution in [0, 0.1) is 0 Å². The highest BCUT2D eigenvalue weighted by atomic mass is 79.9. The van der Waals surface area contributed by atoms with Gasteiger partial charge in [0.15, 0.2) is 0 Å². The Morgan fingerprint density at radius 3 is 2.67 bits per heavy atom. The van der Waals surface area contributed by atoms with E-state index in [0.29, 0.717) is 17.9 Å². The number of carbonyl (C=O) groups excluding carboxylic acids is 1. The molecule has 3 aromatic rings. The molecule has 0 saturated carbocycles. The minimum atomic E-state index is -0.308. The molecule has 3 rings (SSSR count). The third kappa shape index (κ3) is 5.05. The molecule has 0 aliphatic heterocycles. The van der Waals surface area contributed by atoms with Crippen molar-refractivity contribution in [2.75, 3.05) is 0 Å². The van der Waals surface area contributed by atoms with Crippen molar-refractivity contribution in [2.45, 2.75) is 20.0 Å². The summed E-state index contributed by atoms with van der Waals surface area (Å²) in [6.45, 7) is 2.50. The van der Waals surface area contributed by atoms with Crippen molar-refractivity contribution in [3.05, 3.63) is 86.0 Å². The molecule has 2 aromatic carbocycles. The maximum atomic E-state index is 12.5. The average molecular weight is 443 g/mol. The number of rotatable bonds is 7. The predicted molar refractivity (Wildman–Crippen MR) is 114 cm³/mol. The Bertz CT molecular complexity index is 938. The van der Waals surface area contributed by atoms with E-state index in [4.69, 9.17) is 4.74 Å². The summed E-state index contributed by atoms with van der Waals surface area (Å²) >= 11 is 5.23. The van der Waals surface area contributed by atoms with Gasteiger partial charge in [-0.2, -0.15) is 5.10 Å². The van der Waals surface area contributed by atoms with E-state index in [2.05, 4.69) is 33.4 Å². The van der Waals surface area contributed by atoms with Crippen LogP contribution in [-0.2, 0) is 13.0 Å². The molecule has 0 atom stereocenters. The fourth-order valence-corrected chi connectivity index (χ4v) is 4.23. The van der Waals surface area contributed by atoms with Crippen LogP contribution in [0.4, 0.5) is 0 Å². The van der Waals surface area contributed by atoms with Gasteiger partial charge in [0.2, 0.25) is 0 Å². The molecule has 1 aromatic heterocycles. The van der Waals surface area contributed by atoms with Crippen LogP contribution in [0.3, 0.4) is 0 Å². The number of hydrogen-bond acceptors (Lipinski definition) is 4. The number of para-hydroxylation sites is 1. The Balaban J connectivity index is 1.66. The number of hydrogen-bond donors (Lipinski definition) is 1. The van der Waals surface area contributed by atoms with Crippen LogP contribution in [0.15, 0.2) is 69.6 Å². The number of carbonyl (C=O) groups is 1. The number of benzene rings is 2. The van der Waals surface area contributed by atoms with Crippen LogP contribution in [0.5, 0.6) is 5.75 Å². The summed E-state index contributed by atoms with van der Waals surface area (Å²) in [5, 5.41) is 6.09. The normalized spacial score (nSPS) is 10.9. The second-order valence-electron chi connectivity index (χ2n) is 5.75. The van der Waals surface area contributed by atoms with Gasteiger partial charge in [-0.25, -0.2) is 5.43 Å². The number of nitrogens with one attached hydrogen (secondary N) is 1. The van der Waals surface area contributed by atoms with Crippen LogP contribution in [0.1, 0.15) is 33.3 Å². The molecule has 0 aliphatic carbocycles. The molecule has 0 fully saturated rings. The highest BCUT2D eigenvalue weighted by Crippen LogP contribution is 2.27. The Hall–Kier alpha value is -2.44. The summed E-state index contributed by atoms with van der Waals surface area (Å²) in [7, 11) is 0. The number of nitrogens with zero attached hydrogens (tertiary/aromatic N) is 1. The third-order valence-electron chi connectivity index (χ3n) is 3.89. The molecule has 4 nitrogen and oxygen atoms in total. The van der Waals surface area contributed by atoms with E-state index in [1.165, 1.54) is 4.88 Å². The number of ether oxygens (including phenoxy) is 1. The lowest BCUT2D eigenvalue weighted by molar-refractivity contribution is 0.0950. The standard InChI is InChI=1S/C21H19BrN2O2S/c1-2-19-20(22)16(14-27-19)12-23-24-21(25)17-10-6-7-11-18(17)26-13-15-8-4-3-5-9-15/h3-12,14H,2,13H2,1H3,(H,24,25)/b23-12-. The third-order valence-corrected chi connectivity index (χ3v) is 6.23. The number of halogens is 1. The van der Waals surface area contributed by atoms with E-state index >= 15 is 0 Å². The highest BCUT2D eigenvalue weighted by molar-refractivity contribution is 9.10. The summed E-state index contributed by atoms with van der Waals surface area (Å²) in [5.41, 5.74) is 5.01. The van der Waals surface area contributed by atoms with Crippen LogP contribution < -0.4 is 10.2 Å². The maximum Gasteiger partial charge on any atom is 0.275 e. The molecule has 27 heavy (non-hydrogen) atoms. The Morgan fingerprint density at radius 1 is 1.19 bits per heavy atom. The van der Waals surface area contributed by atoms with Crippen molar-refractivity contribution in [3.8, 4) is 5.75 Å². The lowest BCUT2D eigenvalue weighted by Gasteiger charge is -2.10. The highest BCUT2D eigenvalue weighted by Gasteiger charge is 2.12. The summed E-state index contributed by atoms with van der Waals surface area (Å²) in [6, 6.07) is 17.0. The van der Waals surface area contributed by atoms with E-state index in [1.54, 1.807) is 35.8 Å². The van der Waals surface area contributed by atoms with Crippen molar-refractivity contribution in [3.63, 3.8) is 0 Å². The van der Waals surface area contributed by atoms with E-state index in [0.717, 1.165) is 22.0 Å². The van der Waals surface area contributed by atoms with Crippen molar-refractivity contribution < 1.29 is 9.53 Å². The van der Waals surface area contributed by atoms with Gasteiger partial charge in [0.25, 0.3) is 5.91 Å². The molecule has 0 spiro atoms. The van der Waals surface area contributed by atoms with Gasteiger partial charge in [-0.3, -0.25) is 4.79 Å². The van der Waals surface area contributed by atoms with E-state index in [9.17, 15) is 4.79 Å². The van der Waals surface area contributed by atoms with Gasteiger partial charge in [-0.1, -0.05) is 49.4 Å². The van der Waals surface area contributed by atoms with Crippen molar-refractivity contribution in [1.82, 2.24) is 5.43 Å². The first-order valence-corrected chi connectivity index (χ1v) is 10.2. The SMILES string of the molecule is CCc1scc(/C=N\NC(=O)c2ccccc2OCc2ccccc2)c1Br. The lowest BCUT2D eigenvalue weighted by atomic mass is 10.2. The van der Waals surface area contributed by atoms with E-state index in [-0.39, 0.29) is 5.91 Å². The summed E-state index contributed by atoms with van der Waals surface area (Å²) in [6.07, 6.45) is 2.60. The lowest BCUT2D eigenvalue weighted by Crippen LogP contribution is -2.18. The largest absolute Gasteiger partial charge is 0.488 e. The first-order valence-electron chi connectivity index (χ1n) is 8.54. The first kappa shape index (κ1) is 19.3. The predicted octanol–water partition coefficient (Wildman–Crippen LogP) is 5.42.